The second-order valence-corrected chi connectivity index (χ2v) is 6.37. The lowest BCUT2D eigenvalue weighted by atomic mass is 10.2. The molecule has 2 aromatic carbocycles. The van der Waals surface area contributed by atoms with Gasteiger partial charge in [0.25, 0.3) is 11.5 Å². The van der Waals surface area contributed by atoms with Gasteiger partial charge >= 0.3 is 0 Å². The number of amides is 1. The molecular formula is C20H15N5O3. The second-order valence-electron chi connectivity index (χ2n) is 6.37. The third-order valence-corrected chi connectivity index (χ3v) is 4.64. The number of fused-ring (bicyclic) bond motifs is 3. The van der Waals surface area contributed by atoms with Gasteiger partial charge in [0, 0.05) is 0 Å². The summed E-state index contributed by atoms with van der Waals surface area (Å²) in [5.74, 6) is 0.857. The van der Waals surface area contributed by atoms with Crippen molar-refractivity contribution < 1.29 is 9.53 Å². The number of hydrogen-bond donors (Lipinski definition) is 0. The molecule has 0 aliphatic carbocycles. The molecule has 3 heterocycles. The molecule has 5 rings (SSSR count). The van der Waals surface area contributed by atoms with E-state index in [4.69, 9.17) is 4.74 Å². The molecule has 3 aliphatic rings. The highest BCUT2D eigenvalue weighted by Crippen LogP contribution is 2.13. The van der Waals surface area contributed by atoms with Crippen LogP contribution < -0.4 is 21.3 Å². The molecule has 0 unspecified atom stereocenters. The first-order valence-corrected chi connectivity index (χ1v) is 8.69. The van der Waals surface area contributed by atoms with Crippen molar-refractivity contribution in [1.29, 1.82) is 0 Å². The summed E-state index contributed by atoms with van der Waals surface area (Å²) in [7, 11) is 1.60. The highest BCUT2D eigenvalue weighted by molar-refractivity contribution is 5.78. The van der Waals surface area contributed by atoms with Gasteiger partial charge in [-0.15, -0.1) is 0 Å². The fourth-order valence-electron chi connectivity index (χ4n) is 3.34. The third kappa shape index (κ3) is 2.38. The monoisotopic (exact) mass is 373 g/mol. The molecule has 0 radical (unpaired) electrons. The van der Waals surface area contributed by atoms with Crippen LogP contribution in [0.5, 0.6) is 5.75 Å². The molecule has 0 saturated carbocycles. The van der Waals surface area contributed by atoms with Crippen molar-refractivity contribution >= 4 is 12.0 Å². The molecule has 0 bridgehead atoms. The van der Waals surface area contributed by atoms with Crippen molar-refractivity contribution in [1.82, 2.24) is 18.9 Å². The molecule has 0 N–H and O–H groups in total. The number of para-hydroxylation sites is 1. The largest absolute Gasteiger partial charge is 0.497 e. The molecule has 0 saturated heterocycles. The maximum atomic E-state index is 13.0. The van der Waals surface area contributed by atoms with E-state index in [-0.39, 0.29) is 18.0 Å². The first-order chi connectivity index (χ1) is 13.7. The third-order valence-electron chi connectivity index (χ3n) is 4.64. The van der Waals surface area contributed by atoms with Gasteiger partial charge in [-0.25, -0.2) is 14.2 Å². The van der Waals surface area contributed by atoms with Gasteiger partial charge in [-0.1, -0.05) is 30.3 Å². The van der Waals surface area contributed by atoms with E-state index in [1.54, 1.807) is 22.4 Å². The predicted octanol–water partition coefficient (Wildman–Crippen LogP) is 0.260. The van der Waals surface area contributed by atoms with Gasteiger partial charge in [0.1, 0.15) is 17.6 Å². The number of rotatable bonds is 3. The number of aromatic nitrogens is 4. The fraction of sp³-hybridized carbons (Fsp3) is 0.100. The summed E-state index contributed by atoms with van der Waals surface area (Å²) in [5, 5.41) is 0.291. The highest BCUT2D eigenvalue weighted by atomic mass is 16.5. The van der Waals surface area contributed by atoms with Crippen molar-refractivity contribution in [3.63, 3.8) is 0 Å². The summed E-state index contributed by atoms with van der Waals surface area (Å²) in [6, 6.07) is 16.8. The molecule has 0 aromatic heterocycles. The summed E-state index contributed by atoms with van der Waals surface area (Å²) < 4.78 is 9.85. The molecule has 0 atom stereocenters. The van der Waals surface area contributed by atoms with Gasteiger partial charge < -0.3 is 4.74 Å². The topological polar surface area (TPSA) is 83.4 Å². The zero-order valence-electron chi connectivity index (χ0n) is 14.9. The van der Waals surface area contributed by atoms with Crippen molar-refractivity contribution in [2.45, 2.75) is 6.54 Å². The van der Waals surface area contributed by atoms with E-state index in [2.05, 4.69) is 9.98 Å². The highest BCUT2D eigenvalue weighted by Gasteiger charge is 2.28. The van der Waals surface area contributed by atoms with Crippen LogP contribution in [-0.2, 0) is 11.3 Å². The van der Waals surface area contributed by atoms with E-state index in [0.717, 1.165) is 17.0 Å². The number of methoxy groups -OCH3 is 1. The number of benzene rings is 2. The fourth-order valence-corrected chi connectivity index (χ4v) is 3.34. The number of nitrogens with zero attached hydrogens (tertiary/aromatic N) is 5. The van der Waals surface area contributed by atoms with Crippen molar-refractivity contribution in [3.8, 4) is 17.4 Å². The molecular weight excluding hydrogens is 358 g/mol. The van der Waals surface area contributed by atoms with Gasteiger partial charge in [0.2, 0.25) is 11.6 Å². The van der Waals surface area contributed by atoms with Crippen LogP contribution in [0, 0.1) is 0 Å². The molecule has 2 aromatic rings. The molecule has 8 nitrogen and oxygen atoms in total. The molecule has 8 heteroatoms. The summed E-state index contributed by atoms with van der Waals surface area (Å²) in [6.45, 7) is 0.0131. The number of hydrogen-bond acceptors (Lipinski definition) is 4. The quantitative estimate of drug-likeness (QED) is 0.516. The zero-order chi connectivity index (χ0) is 19.3. The molecule has 0 fully saturated rings. The smallest absolute Gasteiger partial charge is 0.298 e. The van der Waals surface area contributed by atoms with E-state index in [0.29, 0.717) is 16.9 Å². The molecule has 28 heavy (non-hydrogen) atoms. The number of imidazole rings is 1. The Bertz CT molecular complexity index is 1340. The van der Waals surface area contributed by atoms with Crippen molar-refractivity contribution in [2.24, 2.45) is 4.99 Å². The summed E-state index contributed by atoms with van der Waals surface area (Å²) in [4.78, 5) is 33.6. The van der Waals surface area contributed by atoms with Crippen LogP contribution in [0.3, 0.4) is 0 Å². The second kappa shape index (κ2) is 6.05. The Kier molecular flexibility index (Phi) is 3.51. The molecule has 0 spiro atoms. The lowest BCUT2D eigenvalue weighted by molar-refractivity contribution is -0.117. The number of ether oxygens (including phenoxy) is 1. The molecule has 1 amide bonds. The normalized spacial score (nSPS) is 13.8. The van der Waals surface area contributed by atoms with Gasteiger partial charge in [0.05, 0.1) is 12.8 Å². The van der Waals surface area contributed by atoms with Gasteiger partial charge in [-0.3, -0.25) is 9.59 Å². The van der Waals surface area contributed by atoms with Gasteiger partial charge in [-0.2, -0.15) is 9.67 Å². The van der Waals surface area contributed by atoms with E-state index in [9.17, 15) is 9.59 Å². The Labute approximate surface area is 158 Å². The van der Waals surface area contributed by atoms with Crippen molar-refractivity contribution in [2.75, 3.05) is 7.11 Å². The summed E-state index contributed by atoms with van der Waals surface area (Å²) >= 11 is 0. The standard InChI is InChI=1S/C20H15N5O3/c1-28-15-9-7-13(8-10-15)11-16-18(27)25-20(21-16)24(14-5-3-2-4-6-14)19-22-17(26)12-23(19)25/h2-11H,12H2,1H3/b16-11-. The van der Waals surface area contributed by atoms with Gasteiger partial charge in [0.15, 0.2) is 0 Å². The van der Waals surface area contributed by atoms with E-state index in [1.165, 1.54) is 4.68 Å². The van der Waals surface area contributed by atoms with Crippen LogP contribution in [-0.4, -0.2) is 31.9 Å². The van der Waals surface area contributed by atoms with Gasteiger partial charge in [-0.05, 0) is 35.9 Å². The van der Waals surface area contributed by atoms with E-state index >= 15 is 0 Å². The Morgan fingerprint density at radius 2 is 1.79 bits per heavy atom. The zero-order valence-corrected chi connectivity index (χ0v) is 14.9. The van der Waals surface area contributed by atoms with Crippen LogP contribution in [0.1, 0.15) is 5.56 Å². The van der Waals surface area contributed by atoms with Crippen LogP contribution in [0.2, 0.25) is 0 Å². The lowest BCUT2D eigenvalue weighted by Gasteiger charge is -2.02. The number of carbonyl (C=O) groups is 1. The van der Waals surface area contributed by atoms with Crippen LogP contribution in [0.25, 0.3) is 17.7 Å². The van der Waals surface area contributed by atoms with Crippen LogP contribution in [0.15, 0.2) is 64.4 Å². The Morgan fingerprint density at radius 1 is 1.04 bits per heavy atom. The first-order valence-electron chi connectivity index (χ1n) is 8.69. The van der Waals surface area contributed by atoms with E-state index < -0.39 is 0 Å². The lowest BCUT2D eigenvalue weighted by Crippen LogP contribution is -2.33. The SMILES string of the molecule is COc1ccc(/C=c2\nc3n(-c4ccccc4)c4n(n-3c2=O)CC(=O)N=4)cc1. The maximum Gasteiger partial charge on any atom is 0.298 e. The number of carbonyl (C=O) groups excluding carboxylic acids is 1. The minimum Gasteiger partial charge on any atom is -0.497 e. The minimum atomic E-state index is -0.299. The van der Waals surface area contributed by atoms with Crippen LogP contribution in [0.4, 0.5) is 0 Å². The molecule has 138 valence electrons. The average molecular weight is 373 g/mol. The van der Waals surface area contributed by atoms with Crippen LogP contribution >= 0.6 is 0 Å². The maximum absolute atomic E-state index is 13.0. The minimum absolute atomic E-state index is 0.0131. The molecule has 3 aliphatic heterocycles. The van der Waals surface area contributed by atoms with Crippen molar-refractivity contribution in [3.05, 3.63) is 81.5 Å². The Morgan fingerprint density at radius 3 is 2.50 bits per heavy atom. The summed E-state index contributed by atoms with van der Waals surface area (Å²) in [6.07, 6.45) is 1.71. The average Bonchev–Trinajstić information content (AvgIpc) is 3.32. The Hall–Kier alpha value is -3.94. The summed E-state index contributed by atoms with van der Waals surface area (Å²) in [5.41, 5.74) is 1.70. The Balaban J connectivity index is 1.77. The first kappa shape index (κ1) is 16.2. The predicted molar refractivity (Wildman–Crippen MR) is 101 cm³/mol. The van der Waals surface area contributed by atoms with E-state index in [1.807, 2.05) is 54.6 Å².